The summed E-state index contributed by atoms with van der Waals surface area (Å²) in [5.74, 6) is -0.338. The van der Waals surface area contributed by atoms with Gasteiger partial charge in [-0.2, -0.15) is 0 Å². The SMILES string of the molecule is COc1cc(Cl)cc(C(C)(C)N)c1F. The van der Waals surface area contributed by atoms with Crippen LogP contribution in [0.4, 0.5) is 4.39 Å². The smallest absolute Gasteiger partial charge is 0.170 e. The van der Waals surface area contributed by atoms with E-state index in [2.05, 4.69) is 0 Å². The van der Waals surface area contributed by atoms with Gasteiger partial charge in [0.05, 0.1) is 7.11 Å². The molecule has 0 aliphatic heterocycles. The highest BCUT2D eigenvalue weighted by Crippen LogP contribution is 2.30. The van der Waals surface area contributed by atoms with Crippen LogP contribution in [0.5, 0.6) is 5.75 Å². The van der Waals surface area contributed by atoms with E-state index in [9.17, 15) is 4.39 Å². The Bertz CT molecular complexity index is 347. The van der Waals surface area contributed by atoms with Crippen molar-refractivity contribution in [2.75, 3.05) is 7.11 Å². The maximum absolute atomic E-state index is 13.7. The third-order valence-corrected chi connectivity index (χ3v) is 2.14. The second-order valence-electron chi connectivity index (χ2n) is 3.69. The zero-order valence-corrected chi connectivity index (χ0v) is 9.15. The number of benzene rings is 1. The van der Waals surface area contributed by atoms with Crippen LogP contribution in [0.2, 0.25) is 5.02 Å². The van der Waals surface area contributed by atoms with E-state index >= 15 is 0 Å². The fourth-order valence-electron chi connectivity index (χ4n) is 1.18. The molecule has 0 atom stereocenters. The second-order valence-corrected chi connectivity index (χ2v) is 4.13. The highest BCUT2D eigenvalue weighted by Gasteiger charge is 2.22. The lowest BCUT2D eigenvalue weighted by Crippen LogP contribution is -2.30. The first-order chi connectivity index (χ1) is 6.36. The van der Waals surface area contributed by atoms with Crippen LogP contribution in [0.3, 0.4) is 0 Å². The molecular weight excluding hydrogens is 205 g/mol. The summed E-state index contributed by atoms with van der Waals surface area (Å²) < 4.78 is 18.5. The first-order valence-electron chi connectivity index (χ1n) is 4.18. The molecule has 0 aromatic heterocycles. The summed E-state index contributed by atoms with van der Waals surface area (Å²) in [5, 5.41) is 0.414. The van der Waals surface area contributed by atoms with Crippen molar-refractivity contribution in [3.05, 3.63) is 28.5 Å². The van der Waals surface area contributed by atoms with Crippen LogP contribution >= 0.6 is 11.6 Å². The van der Waals surface area contributed by atoms with Crippen LogP contribution in [-0.4, -0.2) is 7.11 Å². The lowest BCUT2D eigenvalue weighted by atomic mass is 9.95. The minimum absolute atomic E-state index is 0.117. The molecule has 0 saturated heterocycles. The lowest BCUT2D eigenvalue weighted by molar-refractivity contribution is 0.377. The van der Waals surface area contributed by atoms with Gasteiger partial charge in [0.25, 0.3) is 0 Å². The van der Waals surface area contributed by atoms with Crippen molar-refractivity contribution in [3.8, 4) is 5.75 Å². The summed E-state index contributed by atoms with van der Waals surface area (Å²) in [7, 11) is 1.39. The molecule has 0 bridgehead atoms. The highest BCUT2D eigenvalue weighted by molar-refractivity contribution is 6.30. The van der Waals surface area contributed by atoms with E-state index in [-0.39, 0.29) is 5.75 Å². The third kappa shape index (κ3) is 2.16. The minimum atomic E-state index is -0.776. The van der Waals surface area contributed by atoms with E-state index in [0.29, 0.717) is 10.6 Å². The molecule has 1 rings (SSSR count). The molecule has 0 amide bonds. The first kappa shape index (κ1) is 11.3. The predicted molar refractivity (Wildman–Crippen MR) is 55.2 cm³/mol. The number of methoxy groups -OCH3 is 1. The van der Waals surface area contributed by atoms with E-state index in [1.807, 2.05) is 0 Å². The van der Waals surface area contributed by atoms with Gasteiger partial charge in [0.15, 0.2) is 11.6 Å². The molecule has 2 N–H and O–H groups in total. The quantitative estimate of drug-likeness (QED) is 0.827. The number of rotatable bonds is 2. The molecule has 0 radical (unpaired) electrons. The minimum Gasteiger partial charge on any atom is -0.494 e. The summed E-state index contributed by atoms with van der Waals surface area (Å²) in [5.41, 5.74) is 5.37. The van der Waals surface area contributed by atoms with Crippen molar-refractivity contribution in [2.45, 2.75) is 19.4 Å². The molecule has 2 nitrogen and oxygen atoms in total. The lowest BCUT2D eigenvalue weighted by Gasteiger charge is -2.21. The van der Waals surface area contributed by atoms with Crippen molar-refractivity contribution < 1.29 is 9.13 Å². The molecule has 0 aliphatic carbocycles. The van der Waals surface area contributed by atoms with Crippen LogP contribution in [0.1, 0.15) is 19.4 Å². The molecule has 1 aromatic carbocycles. The number of nitrogens with two attached hydrogens (primary N) is 1. The van der Waals surface area contributed by atoms with Gasteiger partial charge < -0.3 is 10.5 Å². The topological polar surface area (TPSA) is 35.2 Å². The monoisotopic (exact) mass is 217 g/mol. The van der Waals surface area contributed by atoms with Crippen LogP contribution < -0.4 is 10.5 Å². The summed E-state index contributed by atoms with van der Waals surface area (Å²) in [6.07, 6.45) is 0. The molecule has 0 unspecified atom stereocenters. The molecule has 1 aromatic rings. The molecular formula is C10H13ClFNO. The zero-order valence-electron chi connectivity index (χ0n) is 8.40. The maximum Gasteiger partial charge on any atom is 0.170 e. The van der Waals surface area contributed by atoms with Gasteiger partial charge in [-0.3, -0.25) is 0 Å². The van der Waals surface area contributed by atoms with Gasteiger partial charge in [-0.05, 0) is 19.9 Å². The van der Waals surface area contributed by atoms with Crippen molar-refractivity contribution in [2.24, 2.45) is 5.73 Å². The number of halogens is 2. The molecule has 78 valence electrons. The van der Waals surface area contributed by atoms with E-state index in [4.69, 9.17) is 22.1 Å². The van der Waals surface area contributed by atoms with Crippen molar-refractivity contribution >= 4 is 11.6 Å². The summed E-state index contributed by atoms with van der Waals surface area (Å²) >= 11 is 5.80. The Morgan fingerprint density at radius 1 is 1.43 bits per heavy atom. The highest BCUT2D eigenvalue weighted by atomic mass is 35.5. The second kappa shape index (κ2) is 3.75. The summed E-state index contributed by atoms with van der Waals surface area (Å²) in [6, 6.07) is 2.94. The zero-order chi connectivity index (χ0) is 10.9. The predicted octanol–water partition coefficient (Wildman–Crippen LogP) is 2.68. The molecule has 0 aliphatic rings. The molecule has 0 heterocycles. The Kier molecular flexibility index (Phi) is 3.02. The Hall–Kier alpha value is -0.800. The Morgan fingerprint density at radius 2 is 2.00 bits per heavy atom. The Labute approximate surface area is 87.8 Å². The number of ether oxygens (including phenoxy) is 1. The normalized spacial score (nSPS) is 11.6. The van der Waals surface area contributed by atoms with Gasteiger partial charge in [0, 0.05) is 22.2 Å². The van der Waals surface area contributed by atoms with Crippen LogP contribution in [0.15, 0.2) is 12.1 Å². The third-order valence-electron chi connectivity index (χ3n) is 1.92. The number of hydrogen-bond acceptors (Lipinski definition) is 2. The van der Waals surface area contributed by atoms with Gasteiger partial charge in [-0.25, -0.2) is 4.39 Å². The fraction of sp³-hybridized carbons (Fsp3) is 0.400. The van der Waals surface area contributed by atoms with Gasteiger partial charge in [0.2, 0.25) is 0 Å². The summed E-state index contributed by atoms with van der Waals surface area (Å²) in [6.45, 7) is 3.42. The van der Waals surface area contributed by atoms with E-state index in [1.54, 1.807) is 13.8 Å². The standard InChI is InChI=1S/C10H13ClFNO/c1-10(2,13)7-4-6(11)5-8(14-3)9(7)12/h4-5H,13H2,1-3H3. The maximum atomic E-state index is 13.7. The fourth-order valence-corrected chi connectivity index (χ4v) is 1.39. The van der Waals surface area contributed by atoms with Crippen molar-refractivity contribution in [1.29, 1.82) is 0 Å². The average molecular weight is 218 g/mol. The number of hydrogen-bond donors (Lipinski definition) is 1. The molecule has 0 fully saturated rings. The molecule has 14 heavy (non-hydrogen) atoms. The van der Waals surface area contributed by atoms with Crippen LogP contribution in [0, 0.1) is 5.82 Å². The first-order valence-corrected chi connectivity index (χ1v) is 4.56. The van der Waals surface area contributed by atoms with Crippen molar-refractivity contribution in [3.63, 3.8) is 0 Å². The van der Waals surface area contributed by atoms with Gasteiger partial charge in [-0.15, -0.1) is 0 Å². The molecule has 0 saturated carbocycles. The van der Waals surface area contributed by atoms with E-state index < -0.39 is 11.4 Å². The van der Waals surface area contributed by atoms with Gasteiger partial charge in [-0.1, -0.05) is 11.6 Å². The van der Waals surface area contributed by atoms with Crippen LogP contribution in [-0.2, 0) is 5.54 Å². The van der Waals surface area contributed by atoms with E-state index in [1.165, 1.54) is 19.2 Å². The largest absolute Gasteiger partial charge is 0.494 e. The van der Waals surface area contributed by atoms with Crippen molar-refractivity contribution in [1.82, 2.24) is 0 Å². The average Bonchev–Trinajstić information content (AvgIpc) is 2.06. The van der Waals surface area contributed by atoms with Crippen LogP contribution in [0.25, 0.3) is 0 Å². The van der Waals surface area contributed by atoms with E-state index in [0.717, 1.165) is 0 Å². The Balaban J connectivity index is 3.37. The molecule has 4 heteroatoms. The molecule has 0 spiro atoms. The van der Waals surface area contributed by atoms with Gasteiger partial charge in [0.1, 0.15) is 0 Å². The van der Waals surface area contributed by atoms with Gasteiger partial charge >= 0.3 is 0 Å². The Morgan fingerprint density at radius 3 is 2.43 bits per heavy atom. The summed E-state index contributed by atoms with van der Waals surface area (Å²) in [4.78, 5) is 0.